The Morgan fingerprint density at radius 1 is 1.19 bits per heavy atom. The molecule has 2 N–H and O–H groups in total. The summed E-state index contributed by atoms with van der Waals surface area (Å²) < 4.78 is 6.68. The first kappa shape index (κ1) is 18.9. The molecular formula is C18H19N3O5. The third kappa shape index (κ3) is 4.35. The largest absolute Gasteiger partial charge is 0.478 e. The first-order chi connectivity index (χ1) is 12.3. The minimum atomic E-state index is -1.20. The van der Waals surface area contributed by atoms with Crippen molar-refractivity contribution in [3.05, 3.63) is 53.4 Å². The molecule has 8 heteroatoms. The number of aromatic nitrogens is 2. The van der Waals surface area contributed by atoms with Gasteiger partial charge in [-0.05, 0) is 45.0 Å². The lowest BCUT2D eigenvalue weighted by molar-refractivity contribution is -0.131. The van der Waals surface area contributed by atoms with E-state index in [1.165, 1.54) is 0 Å². The van der Waals surface area contributed by atoms with Gasteiger partial charge in [-0.3, -0.25) is 4.79 Å². The number of carbonyl (C=O) groups excluding carboxylic acids is 2. The Balaban J connectivity index is 2.21. The predicted molar refractivity (Wildman–Crippen MR) is 94.4 cm³/mol. The highest BCUT2D eigenvalue weighted by Crippen LogP contribution is 2.20. The number of hydrogen-bond donors (Lipinski definition) is 2. The van der Waals surface area contributed by atoms with Gasteiger partial charge < -0.3 is 15.2 Å². The Morgan fingerprint density at radius 3 is 2.42 bits per heavy atom. The molecule has 0 aliphatic rings. The number of aliphatic carboxylic acids is 1. The smallest absolute Gasteiger partial charge is 0.341 e. The van der Waals surface area contributed by atoms with Crippen LogP contribution in [-0.4, -0.2) is 39.3 Å². The van der Waals surface area contributed by atoms with Crippen LogP contribution >= 0.6 is 0 Å². The van der Waals surface area contributed by atoms with Crippen LogP contribution in [0.15, 0.2) is 36.4 Å². The van der Waals surface area contributed by atoms with Crippen LogP contribution in [-0.2, 0) is 14.3 Å². The molecule has 0 saturated carbocycles. The van der Waals surface area contributed by atoms with Crippen LogP contribution in [0.3, 0.4) is 0 Å². The number of nitrogens with one attached hydrogen (secondary N) is 1. The van der Waals surface area contributed by atoms with Gasteiger partial charge in [0.25, 0.3) is 0 Å². The molecule has 0 spiro atoms. The van der Waals surface area contributed by atoms with E-state index in [2.05, 4.69) is 10.4 Å². The number of aryl methyl sites for hydroxylation is 1. The molecule has 1 heterocycles. The van der Waals surface area contributed by atoms with Crippen LogP contribution < -0.4 is 5.32 Å². The van der Waals surface area contributed by atoms with Gasteiger partial charge in [-0.15, -0.1) is 0 Å². The topological polar surface area (TPSA) is 111 Å². The number of anilines is 1. The Morgan fingerprint density at radius 2 is 1.85 bits per heavy atom. The summed E-state index contributed by atoms with van der Waals surface area (Å²) in [6.45, 7) is 5.54. The van der Waals surface area contributed by atoms with Crippen LogP contribution in [0.25, 0.3) is 5.69 Å². The zero-order chi connectivity index (χ0) is 19.3. The first-order valence-electron chi connectivity index (χ1n) is 7.89. The van der Waals surface area contributed by atoms with E-state index >= 15 is 0 Å². The minimum absolute atomic E-state index is 0.285. The fourth-order valence-electron chi connectivity index (χ4n) is 2.41. The van der Waals surface area contributed by atoms with Crippen LogP contribution in [0, 0.1) is 13.8 Å². The van der Waals surface area contributed by atoms with Gasteiger partial charge in [0.15, 0.2) is 0 Å². The summed E-state index contributed by atoms with van der Waals surface area (Å²) in [5.41, 5.74) is 2.86. The molecular weight excluding hydrogens is 338 g/mol. The molecule has 0 unspecified atom stereocenters. The summed E-state index contributed by atoms with van der Waals surface area (Å²) in [6.07, 6.45) is 1.69. The number of hydrogen-bond acceptors (Lipinski definition) is 5. The summed E-state index contributed by atoms with van der Waals surface area (Å²) in [7, 11) is 0. The fraction of sp³-hybridized carbons (Fsp3) is 0.222. The SMILES string of the molecule is CCOC(=O)c1c(C)nn(-c2ccc(NC(=O)/C=C\C(=O)O)cc2)c1C. The summed E-state index contributed by atoms with van der Waals surface area (Å²) in [6, 6.07) is 6.76. The van der Waals surface area contributed by atoms with Gasteiger partial charge in [-0.2, -0.15) is 5.10 Å². The standard InChI is InChI=1S/C18H19N3O5/c1-4-26-18(25)17-11(2)20-21(12(17)3)14-7-5-13(6-8-14)19-15(22)9-10-16(23)24/h5-10H,4H2,1-3H3,(H,19,22)(H,23,24)/b10-9-. The van der Waals surface area contributed by atoms with Gasteiger partial charge in [-0.1, -0.05) is 0 Å². The number of amides is 1. The number of benzene rings is 1. The van der Waals surface area contributed by atoms with Crippen LogP contribution in [0.1, 0.15) is 28.7 Å². The second kappa shape index (κ2) is 8.11. The van der Waals surface area contributed by atoms with Gasteiger partial charge in [0.2, 0.25) is 5.91 Å². The maximum absolute atomic E-state index is 12.0. The molecule has 26 heavy (non-hydrogen) atoms. The lowest BCUT2D eigenvalue weighted by Gasteiger charge is -2.07. The van der Waals surface area contributed by atoms with Crippen LogP contribution in [0.5, 0.6) is 0 Å². The molecule has 0 aliphatic carbocycles. The Kier molecular flexibility index (Phi) is 5.90. The van der Waals surface area contributed by atoms with Gasteiger partial charge in [0, 0.05) is 17.8 Å². The lowest BCUT2D eigenvalue weighted by atomic mass is 10.2. The van der Waals surface area contributed by atoms with Gasteiger partial charge in [-0.25, -0.2) is 14.3 Å². The maximum Gasteiger partial charge on any atom is 0.341 e. The number of esters is 1. The first-order valence-corrected chi connectivity index (χ1v) is 7.89. The molecule has 8 nitrogen and oxygen atoms in total. The summed E-state index contributed by atoms with van der Waals surface area (Å²) in [5.74, 6) is -2.16. The average Bonchev–Trinajstić information content (AvgIpc) is 2.88. The van der Waals surface area contributed by atoms with Crippen LogP contribution in [0.4, 0.5) is 5.69 Å². The second-order valence-electron chi connectivity index (χ2n) is 5.39. The molecule has 0 atom stereocenters. The maximum atomic E-state index is 12.0. The molecule has 0 saturated heterocycles. The summed E-state index contributed by atoms with van der Waals surface area (Å²) in [4.78, 5) is 34.0. The molecule has 136 valence electrons. The summed E-state index contributed by atoms with van der Waals surface area (Å²) in [5, 5.41) is 15.4. The van der Waals surface area contributed by atoms with E-state index in [1.54, 1.807) is 49.7 Å². The fourth-order valence-corrected chi connectivity index (χ4v) is 2.41. The third-order valence-electron chi connectivity index (χ3n) is 3.53. The molecule has 1 amide bonds. The highest BCUT2D eigenvalue weighted by molar-refractivity contribution is 6.02. The zero-order valence-corrected chi connectivity index (χ0v) is 14.6. The normalized spacial score (nSPS) is 10.7. The number of nitrogens with zero attached hydrogens (tertiary/aromatic N) is 2. The number of carbonyl (C=O) groups is 3. The molecule has 2 rings (SSSR count). The molecule has 1 aromatic heterocycles. The van der Waals surface area contributed by atoms with E-state index in [9.17, 15) is 14.4 Å². The number of carboxylic acids is 1. The van der Waals surface area contributed by atoms with Gasteiger partial charge in [0.05, 0.1) is 23.7 Å². The minimum Gasteiger partial charge on any atom is -0.478 e. The van der Waals surface area contributed by atoms with Crippen molar-refractivity contribution in [3.63, 3.8) is 0 Å². The van der Waals surface area contributed by atoms with Crippen molar-refractivity contribution in [3.8, 4) is 5.69 Å². The zero-order valence-electron chi connectivity index (χ0n) is 14.6. The monoisotopic (exact) mass is 357 g/mol. The van der Waals surface area contributed by atoms with Crippen molar-refractivity contribution >= 4 is 23.5 Å². The van der Waals surface area contributed by atoms with E-state index in [-0.39, 0.29) is 6.61 Å². The molecule has 0 fully saturated rings. The predicted octanol–water partition coefficient (Wildman–Crippen LogP) is 2.25. The third-order valence-corrected chi connectivity index (χ3v) is 3.53. The Labute approximate surface area is 150 Å². The summed E-state index contributed by atoms with van der Waals surface area (Å²) >= 11 is 0. The molecule has 1 aromatic carbocycles. The Hall–Kier alpha value is -3.42. The van der Waals surface area contributed by atoms with E-state index in [0.29, 0.717) is 28.3 Å². The second-order valence-corrected chi connectivity index (χ2v) is 5.39. The highest BCUT2D eigenvalue weighted by atomic mass is 16.5. The number of rotatable bonds is 6. The highest BCUT2D eigenvalue weighted by Gasteiger charge is 2.20. The van der Waals surface area contributed by atoms with Crippen molar-refractivity contribution in [2.24, 2.45) is 0 Å². The van der Waals surface area contributed by atoms with Gasteiger partial charge >= 0.3 is 11.9 Å². The molecule has 2 aromatic rings. The van der Waals surface area contributed by atoms with Crippen molar-refractivity contribution in [2.45, 2.75) is 20.8 Å². The average molecular weight is 357 g/mol. The lowest BCUT2D eigenvalue weighted by Crippen LogP contribution is -2.09. The van der Waals surface area contributed by atoms with Crippen molar-refractivity contribution in [2.75, 3.05) is 11.9 Å². The molecule has 0 aliphatic heterocycles. The van der Waals surface area contributed by atoms with Crippen molar-refractivity contribution in [1.82, 2.24) is 9.78 Å². The van der Waals surface area contributed by atoms with E-state index in [0.717, 1.165) is 12.2 Å². The number of ether oxygens (including phenoxy) is 1. The quantitative estimate of drug-likeness (QED) is 0.606. The van der Waals surface area contributed by atoms with E-state index in [4.69, 9.17) is 9.84 Å². The van der Waals surface area contributed by atoms with Crippen molar-refractivity contribution in [1.29, 1.82) is 0 Å². The van der Waals surface area contributed by atoms with E-state index < -0.39 is 17.8 Å². The van der Waals surface area contributed by atoms with Crippen LogP contribution in [0.2, 0.25) is 0 Å². The van der Waals surface area contributed by atoms with E-state index in [1.807, 2.05) is 0 Å². The molecule has 0 radical (unpaired) electrons. The molecule has 0 bridgehead atoms. The van der Waals surface area contributed by atoms with Crippen molar-refractivity contribution < 1.29 is 24.2 Å². The van der Waals surface area contributed by atoms with Gasteiger partial charge in [0.1, 0.15) is 5.56 Å². The number of carboxylic acid groups (broad SMARTS) is 1. The Bertz CT molecular complexity index is 866.